The van der Waals surface area contributed by atoms with Crippen LogP contribution in [0, 0.1) is 18.8 Å². The summed E-state index contributed by atoms with van der Waals surface area (Å²) in [6, 6.07) is 7.71. The van der Waals surface area contributed by atoms with Gasteiger partial charge in [0.15, 0.2) is 0 Å². The molecule has 1 aliphatic heterocycles. The molecule has 1 aliphatic rings. The summed E-state index contributed by atoms with van der Waals surface area (Å²) in [6.45, 7) is 7.10. The highest BCUT2D eigenvalue weighted by Crippen LogP contribution is 2.17. The fourth-order valence-electron chi connectivity index (χ4n) is 2.49. The quantitative estimate of drug-likeness (QED) is 0.782. The van der Waals surface area contributed by atoms with Gasteiger partial charge in [-0.2, -0.15) is 0 Å². The molecule has 2 amide bonds. The first-order valence-electron chi connectivity index (χ1n) is 6.97. The number of carbonyl (C=O) groups excluding carboxylic acids is 1. The number of rotatable bonds is 3. The molecule has 1 aromatic carbocycles. The van der Waals surface area contributed by atoms with Gasteiger partial charge in [0.05, 0.1) is 0 Å². The standard InChI is InChI=1S/C15H23N3O/c1-11-4-3-5-14(8-11)18-15(19)17-10-13-6-7-16-9-12(13)2/h3-5,8,12-13,16H,6-7,9-10H2,1-2H3,(H2,17,18,19). The summed E-state index contributed by atoms with van der Waals surface area (Å²) >= 11 is 0. The summed E-state index contributed by atoms with van der Waals surface area (Å²) in [5, 5.41) is 9.21. The lowest BCUT2D eigenvalue weighted by Crippen LogP contribution is -2.42. The van der Waals surface area contributed by atoms with E-state index in [9.17, 15) is 4.79 Å². The molecule has 0 aliphatic carbocycles. The molecule has 0 bridgehead atoms. The van der Waals surface area contributed by atoms with Crippen LogP contribution < -0.4 is 16.0 Å². The molecule has 1 saturated heterocycles. The van der Waals surface area contributed by atoms with Crippen LogP contribution in [0.5, 0.6) is 0 Å². The number of hydrogen-bond donors (Lipinski definition) is 3. The molecule has 1 heterocycles. The molecule has 2 rings (SSSR count). The van der Waals surface area contributed by atoms with E-state index in [4.69, 9.17) is 0 Å². The van der Waals surface area contributed by atoms with Gasteiger partial charge in [0.1, 0.15) is 0 Å². The van der Waals surface area contributed by atoms with Gasteiger partial charge in [-0.05, 0) is 56.0 Å². The number of anilines is 1. The third-order valence-electron chi connectivity index (χ3n) is 3.76. The Labute approximate surface area is 115 Å². The van der Waals surface area contributed by atoms with Crippen LogP contribution in [0.2, 0.25) is 0 Å². The molecular weight excluding hydrogens is 238 g/mol. The molecule has 2 unspecified atom stereocenters. The molecule has 3 N–H and O–H groups in total. The van der Waals surface area contributed by atoms with Crippen molar-refractivity contribution in [2.75, 3.05) is 25.0 Å². The third-order valence-corrected chi connectivity index (χ3v) is 3.76. The molecule has 0 radical (unpaired) electrons. The average Bonchev–Trinajstić information content (AvgIpc) is 2.38. The van der Waals surface area contributed by atoms with Gasteiger partial charge in [-0.25, -0.2) is 4.79 Å². The van der Waals surface area contributed by atoms with Crippen molar-refractivity contribution < 1.29 is 4.79 Å². The van der Waals surface area contributed by atoms with Crippen molar-refractivity contribution in [2.45, 2.75) is 20.3 Å². The van der Waals surface area contributed by atoms with Crippen LogP contribution >= 0.6 is 0 Å². The lowest BCUT2D eigenvalue weighted by molar-refractivity contribution is 0.237. The number of carbonyl (C=O) groups is 1. The maximum atomic E-state index is 11.8. The van der Waals surface area contributed by atoms with E-state index in [-0.39, 0.29) is 6.03 Å². The highest BCUT2D eigenvalue weighted by molar-refractivity contribution is 5.89. The van der Waals surface area contributed by atoms with E-state index in [0.717, 1.165) is 37.3 Å². The topological polar surface area (TPSA) is 53.2 Å². The Morgan fingerprint density at radius 3 is 3.05 bits per heavy atom. The van der Waals surface area contributed by atoms with Gasteiger partial charge < -0.3 is 16.0 Å². The minimum absolute atomic E-state index is 0.115. The minimum atomic E-state index is -0.115. The summed E-state index contributed by atoms with van der Waals surface area (Å²) in [4.78, 5) is 11.8. The van der Waals surface area contributed by atoms with Gasteiger partial charge in [0.2, 0.25) is 0 Å². The van der Waals surface area contributed by atoms with Crippen molar-refractivity contribution in [3.63, 3.8) is 0 Å². The monoisotopic (exact) mass is 261 g/mol. The van der Waals surface area contributed by atoms with Crippen molar-refractivity contribution in [3.05, 3.63) is 29.8 Å². The number of amides is 2. The largest absolute Gasteiger partial charge is 0.338 e. The van der Waals surface area contributed by atoms with Crippen molar-refractivity contribution in [1.82, 2.24) is 10.6 Å². The van der Waals surface area contributed by atoms with Crippen LogP contribution in [0.3, 0.4) is 0 Å². The zero-order valence-electron chi connectivity index (χ0n) is 11.7. The average molecular weight is 261 g/mol. The SMILES string of the molecule is Cc1cccc(NC(=O)NCC2CCNCC2C)c1. The number of aryl methyl sites for hydroxylation is 1. The maximum absolute atomic E-state index is 11.8. The summed E-state index contributed by atoms with van der Waals surface area (Å²) in [5.74, 6) is 1.19. The second-order valence-corrected chi connectivity index (χ2v) is 5.43. The second kappa shape index (κ2) is 6.57. The number of piperidine rings is 1. The van der Waals surface area contributed by atoms with Crippen molar-refractivity contribution in [3.8, 4) is 0 Å². The van der Waals surface area contributed by atoms with Crippen molar-refractivity contribution in [1.29, 1.82) is 0 Å². The van der Waals surface area contributed by atoms with Gasteiger partial charge in [0, 0.05) is 12.2 Å². The number of hydrogen-bond acceptors (Lipinski definition) is 2. The predicted octanol–water partition coefficient (Wildman–Crippen LogP) is 2.36. The van der Waals surface area contributed by atoms with Gasteiger partial charge >= 0.3 is 6.03 Å². The van der Waals surface area contributed by atoms with Crippen LogP contribution in [-0.2, 0) is 0 Å². The fourth-order valence-corrected chi connectivity index (χ4v) is 2.49. The first-order chi connectivity index (χ1) is 9.15. The molecule has 4 heteroatoms. The van der Waals surface area contributed by atoms with E-state index in [1.807, 2.05) is 31.2 Å². The lowest BCUT2D eigenvalue weighted by Gasteiger charge is -2.29. The zero-order valence-corrected chi connectivity index (χ0v) is 11.7. The van der Waals surface area contributed by atoms with E-state index < -0.39 is 0 Å². The van der Waals surface area contributed by atoms with Gasteiger partial charge in [-0.1, -0.05) is 19.1 Å². The van der Waals surface area contributed by atoms with E-state index in [2.05, 4.69) is 22.9 Å². The van der Waals surface area contributed by atoms with Crippen molar-refractivity contribution in [2.24, 2.45) is 11.8 Å². The predicted molar refractivity (Wildman–Crippen MR) is 78.3 cm³/mol. The molecule has 0 aromatic heterocycles. The van der Waals surface area contributed by atoms with Crippen LogP contribution in [0.4, 0.5) is 10.5 Å². The number of benzene rings is 1. The van der Waals surface area contributed by atoms with Crippen LogP contribution in [0.1, 0.15) is 18.9 Å². The molecule has 0 spiro atoms. The Kier molecular flexibility index (Phi) is 4.80. The number of urea groups is 1. The zero-order chi connectivity index (χ0) is 13.7. The minimum Gasteiger partial charge on any atom is -0.338 e. The van der Waals surface area contributed by atoms with Crippen LogP contribution in [0.15, 0.2) is 24.3 Å². The third kappa shape index (κ3) is 4.24. The van der Waals surface area contributed by atoms with Gasteiger partial charge in [-0.3, -0.25) is 0 Å². The Hall–Kier alpha value is -1.55. The Morgan fingerprint density at radius 2 is 2.32 bits per heavy atom. The molecule has 2 atom stereocenters. The first-order valence-corrected chi connectivity index (χ1v) is 6.97. The van der Waals surface area contributed by atoms with Gasteiger partial charge in [0.25, 0.3) is 0 Å². The smallest absolute Gasteiger partial charge is 0.319 e. The van der Waals surface area contributed by atoms with E-state index >= 15 is 0 Å². The summed E-state index contributed by atoms with van der Waals surface area (Å²) in [5.41, 5.74) is 1.99. The summed E-state index contributed by atoms with van der Waals surface area (Å²) in [6.07, 6.45) is 1.13. The molecule has 19 heavy (non-hydrogen) atoms. The molecule has 1 fully saturated rings. The molecule has 1 aromatic rings. The Balaban J connectivity index is 1.78. The van der Waals surface area contributed by atoms with E-state index in [1.54, 1.807) is 0 Å². The maximum Gasteiger partial charge on any atom is 0.319 e. The first kappa shape index (κ1) is 13.9. The molecule has 0 saturated carbocycles. The Bertz CT molecular complexity index is 433. The molecule has 104 valence electrons. The fraction of sp³-hybridized carbons (Fsp3) is 0.533. The Morgan fingerprint density at radius 1 is 1.47 bits per heavy atom. The normalized spacial score (nSPS) is 22.8. The highest BCUT2D eigenvalue weighted by atomic mass is 16.2. The number of nitrogens with one attached hydrogen (secondary N) is 3. The molecular formula is C15H23N3O. The van der Waals surface area contributed by atoms with Gasteiger partial charge in [-0.15, -0.1) is 0 Å². The van der Waals surface area contributed by atoms with E-state index in [0.29, 0.717) is 11.8 Å². The summed E-state index contributed by atoms with van der Waals surface area (Å²) < 4.78 is 0. The van der Waals surface area contributed by atoms with Crippen LogP contribution in [0.25, 0.3) is 0 Å². The lowest BCUT2D eigenvalue weighted by atomic mass is 9.88. The van der Waals surface area contributed by atoms with E-state index in [1.165, 1.54) is 0 Å². The van der Waals surface area contributed by atoms with Crippen LogP contribution in [-0.4, -0.2) is 25.7 Å². The molecule has 4 nitrogen and oxygen atoms in total. The second-order valence-electron chi connectivity index (χ2n) is 5.43. The highest BCUT2D eigenvalue weighted by Gasteiger charge is 2.21. The summed E-state index contributed by atoms with van der Waals surface area (Å²) in [7, 11) is 0. The van der Waals surface area contributed by atoms with Crippen molar-refractivity contribution >= 4 is 11.7 Å².